The first-order valence-electron chi connectivity index (χ1n) is 8.69. The molecule has 1 N–H and O–H groups in total. The van der Waals surface area contributed by atoms with Crippen molar-refractivity contribution in [3.8, 4) is 0 Å². The second kappa shape index (κ2) is 6.61. The van der Waals surface area contributed by atoms with Crippen molar-refractivity contribution in [3.05, 3.63) is 44.9 Å². The summed E-state index contributed by atoms with van der Waals surface area (Å²) in [5, 5.41) is 4.81. The van der Waals surface area contributed by atoms with Crippen molar-refractivity contribution in [1.29, 1.82) is 0 Å². The van der Waals surface area contributed by atoms with Crippen LogP contribution in [0.5, 0.6) is 0 Å². The molecular formula is C18H23N5S. The maximum atomic E-state index is 4.81. The Morgan fingerprint density at radius 2 is 2.08 bits per heavy atom. The Kier molecular flexibility index (Phi) is 4.33. The molecule has 1 aliphatic carbocycles. The molecule has 24 heavy (non-hydrogen) atoms. The first-order valence-corrected chi connectivity index (χ1v) is 9.51. The summed E-state index contributed by atoms with van der Waals surface area (Å²) < 4.78 is 2.13. The zero-order valence-electron chi connectivity index (χ0n) is 14.3. The van der Waals surface area contributed by atoms with E-state index in [4.69, 9.17) is 4.98 Å². The number of nitrogens with one attached hydrogen (secondary N) is 1. The number of hydrogen-bond donors (Lipinski definition) is 1. The highest BCUT2D eigenvalue weighted by atomic mass is 32.1. The molecule has 3 aromatic heterocycles. The van der Waals surface area contributed by atoms with Crippen LogP contribution in [0.1, 0.15) is 45.5 Å². The smallest absolute Gasteiger partial charge is 0.234 e. The highest BCUT2D eigenvalue weighted by Gasteiger charge is 2.14. The molecule has 0 unspecified atom stereocenters. The second-order valence-electron chi connectivity index (χ2n) is 6.54. The van der Waals surface area contributed by atoms with Gasteiger partial charge in [0.05, 0.1) is 22.6 Å². The van der Waals surface area contributed by atoms with E-state index in [2.05, 4.69) is 32.7 Å². The summed E-state index contributed by atoms with van der Waals surface area (Å²) in [5.74, 6) is 0.789. The molecule has 0 spiro atoms. The van der Waals surface area contributed by atoms with Crippen LogP contribution >= 0.6 is 11.3 Å². The highest BCUT2D eigenvalue weighted by molar-refractivity contribution is 7.11. The number of aromatic nitrogens is 4. The maximum absolute atomic E-state index is 4.81. The van der Waals surface area contributed by atoms with Crippen LogP contribution < -0.4 is 5.32 Å². The lowest BCUT2D eigenvalue weighted by Gasteiger charge is -2.07. The lowest BCUT2D eigenvalue weighted by molar-refractivity contribution is 0.660. The summed E-state index contributed by atoms with van der Waals surface area (Å²) in [5.41, 5.74) is 4.71. The zero-order chi connectivity index (χ0) is 16.5. The topological polar surface area (TPSA) is 55.1 Å². The van der Waals surface area contributed by atoms with Crippen molar-refractivity contribution in [2.24, 2.45) is 0 Å². The number of hydrogen-bond acceptors (Lipinski definition) is 5. The second-order valence-corrected chi connectivity index (χ2v) is 7.70. The van der Waals surface area contributed by atoms with Crippen LogP contribution in [0.25, 0.3) is 5.78 Å². The van der Waals surface area contributed by atoms with Gasteiger partial charge in [0.15, 0.2) is 0 Å². The molecule has 0 radical (unpaired) electrons. The van der Waals surface area contributed by atoms with Gasteiger partial charge in [0.2, 0.25) is 5.78 Å². The Morgan fingerprint density at radius 1 is 1.21 bits per heavy atom. The van der Waals surface area contributed by atoms with Crippen molar-refractivity contribution in [1.82, 2.24) is 24.7 Å². The molecule has 6 heteroatoms. The Hall–Kier alpha value is -1.79. The SMILES string of the molecule is Cc1cc(C)n2c(CNCCc3nc4c(s3)CCCC4)cnc2n1. The van der Waals surface area contributed by atoms with Crippen molar-refractivity contribution in [3.63, 3.8) is 0 Å². The van der Waals surface area contributed by atoms with Crippen LogP contribution in [0.15, 0.2) is 12.3 Å². The molecule has 1 aliphatic rings. The number of rotatable bonds is 5. The fraction of sp³-hybridized carbons (Fsp3) is 0.500. The highest BCUT2D eigenvalue weighted by Crippen LogP contribution is 2.26. The van der Waals surface area contributed by atoms with E-state index >= 15 is 0 Å². The van der Waals surface area contributed by atoms with E-state index in [0.29, 0.717) is 0 Å². The lowest BCUT2D eigenvalue weighted by Crippen LogP contribution is -2.18. The van der Waals surface area contributed by atoms with Gasteiger partial charge in [-0.25, -0.2) is 15.0 Å². The molecule has 0 aliphatic heterocycles. The van der Waals surface area contributed by atoms with Crippen molar-refractivity contribution >= 4 is 17.1 Å². The minimum atomic E-state index is 0.789. The summed E-state index contributed by atoms with van der Waals surface area (Å²) in [6.45, 7) is 5.86. The molecule has 5 nitrogen and oxygen atoms in total. The van der Waals surface area contributed by atoms with Gasteiger partial charge < -0.3 is 5.32 Å². The van der Waals surface area contributed by atoms with Gasteiger partial charge in [-0.3, -0.25) is 4.40 Å². The first kappa shape index (κ1) is 15.7. The molecule has 0 saturated carbocycles. The van der Waals surface area contributed by atoms with Crippen LogP contribution in [0, 0.1) is 13.8 Å². The first-order chi connectivity index (χ1) is 11.7. The van der Waals surface area contributed by atoms with Crippen molar-refractivity contribution in [2.45, 2.75) is 52.5 Å². The van der Waals surface area contributed by atoms with Gasteiger partial charge in [-0.2, -0.15) is 0 Å². The van der Waals surface area contributed by atoms with Crippen LogP contribution in [-0.4, -0.2) is 25.9 Å². The summed E-state index contributed by atoms with van der Waals surface area (Å²) >= 11 is 1.91. The van der Waals surface area contributed by atoms with E-state index in [1.165, 1.54) is 47.0 Å². The number of nitrogens with zero attached hydrogens (tertiary/aromatic N) is 4. The van der Waals surface area contributed by atoms with Crippen molar-refractivity contribution in [2.75, 3.05) is 6.54 Å². The Morgan fingerprint density at radius 3 is 2.96 bits per heavy atom. The van der Waals surface area contributed by atoms with Gasteiger partial charge >= 0.3 is 0 Å². The zero-order valence-corrected chi connectivity index (χ0v) is 15.1. The van der Waals surface area contributed by atoms with Crippen LogP contribution in [0.2, 0.25) is 0 Å². The molecule has 4 rings (SSSR count). The minimum Gasteiger partial charge on any atom is -0.311 e. The minimum absolute atomic E-state index is 0.789. The van der Waals surface area contributed by atoms with E-state index in [-0.39, 0.29) is 0 Å². The predicted molar refractivity (Wildman–Crippen MR) is 96.6 cm³/mol. The van der Waals surface area contributed by atoms with Crippen LogP contribution in [0.3, 0.4) is 0 Å². The third-order valence-electron chi connectivity index (χ3n) is 4.57. The van der Waals surface area contributed by atoms with E-state index in [1.54, 1.807) is 0 Å². The number of fused-ring (bicyclic) bond motifs is 2. The normalized spacial score (nSPS) is 14.2. The molecule has 0 fully saturated rings. The fourth-order valence-electron chi connectivity index (χ4n) is 3.45. The molecule has 0 saturated heterocycles. The van der Waals surface area contributed by atoms with Gasteiger partial charge in [-0.05, 0) is 45.6 Å². The summed E-state index contributed by atoms with van der Waals surface area (Å²) in [4.78, 5) is 15.2. The molecule has 0 amide bonds. The molecule has 0 atom stereocenters. The number of aryl methyl sites for hydroxylation is 4. The maximum Gasteiger partial charge on any atom is 0.234 e. The van der Waals surface area contributed by atoms with Gasteiger partial charge in [-0.15, -0.1) is 11.3 Å². The third-order valence-corrected chi connectivity index (χ3v) is 5.79. The fourth-order valence-corrected chi connectivity index (χ4v) is 4.60. The molecule has 0 aromatic carbocycles. The van der Waals surface area contributed by atoms with Crippen LogP contribution in [-0.2, 0) is 25.8 Å². The average Bonchev–Trinajstić information content (AvgIpc) is 3.15. The van der Waals surface area contributed by atoms with Gasteiger partial charge in [0.25, 0.3) is 0 Å². The van der Waals surface area contributed by atoms with Crippen molar-refractivity contribution < 1.29 is 0 Å². The summed E-state index contributed by atoms with van der Waals surface area (Å²) in [7, 11) is 0. The van der Waals surface area contributed by atoms with Gasteiger partial charge in [-0.1, -0.05) is 0 Å². The quantitative estimate of drug-likeness (QED) is 0.725. The largest absolute Gasteiger partial charge is 0.311 e. The monoisotopic (exact) mass is 341 g/mol. The van der Waals surface area contributed by atoms with Crippen LogP contribution in [0.4, 0.5) is 0 Å². The Labute approximate surface area is 146 Å². The van der Waals surface area contributed by atoms with E-state index in [9.17, 15) is 0 Å². The number of imidazole rings is 1. The van der Waals surface area contributed by atoms with E-state index in [1.807, 2.05) is 24.5 Å². The van der Waals surface area contributed by atoms with E-state index in [0.717, 1.165) is 36.7 Å². The molecular weight excluding hydrogens is 318 g/mol. The van der Waals surface area contributed by atoms with Gasteiger partial charge in [0.1, 0.15) is 0 Å². The summed E-state index contributed by atoms with van der Waals surface area (Å²) in [6, 6.07) is 2.10. The molecule has 0 bridgehead atoms. The summed E-state index contributed by atoms with van der Waals surface area (Å²) in [6.07, 6.45) is 7.96. The lowest BCUT2D eigenvalue weighted by atomic mass is 10.0. The number of thiazole rings is 1. The Balaban J connectivity index is 1.37. The molecule has 3 heterocycles. The average molecular weight is 341 g/mol. The predicted octanol–water partition coefficient (Wildman–Crippen LogP) is 3.01. The van der Waals surface area contributed by atoms with Gasteiger partial charge in [0, 0.05) is 35.8 Å². The van der Waals surface area contributed by atoms with E-state index < -0.39 is 0 Å². The Bertz CT molecular complexity index is 840. The standard InChI is InChI=1S/C18H23N5S/c1-12-9-13(2)23-14(11-20-18(23)21-12)10-19-8-7-17-22-15-5-3-4-6-16(15)24-17/h9,11,19H,3-8,10H2,1-2H3. The molecule has 126 valence electrons. The molecule has 3 aromatic rings. The third kappa shape index (κ3) is 3.08.